The van der Waals surface area contributed by atoms with Crippen LogP contribution in [0.2, 0.25) is 0 Å². The molecule has 2 rings (SSSR count). The van der Waals surface area contributed by atoms with Crippen LogP contribution in [-0.2, 0) is 29.1 Å². The molecule has 152 valence electrons. The van der Waals surface area contributed by atoms with Gasteiger partial charge in [-0.25, -0.2) is 8.42 Å². The molecule has 1 aliphatic rings. The zero-order valence-corrected chi connectivity index (χ0v) is 17.0. The summed E-state index contributed by atoms with van der Waals surface area (Å²) < 4.78 is 38.0. The van der Waals surface area contributed by atoms with Gasteiger partial charge in [-0.15, -0.1) is 6.58 Å². The van der Waals surface area contributed by atoms with Crippen LogP contribution in [0.3, 0.4) is 0 Å². The van der Waals surface area contributed by atoms with Gasteiger partial charge in [0.25, 0.3) is 0 Å². The third-order valence-corrected chi connectivity index (χ3v) is 6.38. The minimum Gasteiger partial charge on any atom is -0.468 e. The normalized spacial score (nSPS) is 20.0. The first-order valence-corrected chi connectivity index (χ1v) is 10.3. The second kappa shape index (κ2) is 9.16. The predicted molar refractivity (Wildman–Crippen MR) is 104 cm³/mol. The highest BCUT2D eigenvalue weighted by Crippen LogP contribution is 2.30. The number of esters is 2. The van der Waals surface area contributed by atoms with Gasteiger partial charge < -0.3 is 9.47 Å². The fourth-order valence-electron chi connectivity index (χ4n) is 3.14. The zero-order valence-electron chi connectivity index (χ0n) is 16.2. The Hall–Kier alpha value is -2.45. The Morgan fingerprint density at radius 3 is 2.46 bits per heavy atom. The first kappa shape index (κ1) is 21.8. The fourth-order valence-corrected chi connectivity index (χ4v) is 4.89. The van der Waals surface area contributed by atoms with E-state index >= 15 is 0 Å². The highest BCUT2D eigenvalue weighted by Gasteiger charge is 2.42. The Morgan fingerprint density at radius 2 is 1.93 bits per heavy atom. The lowest BCUT2D eigenvalue weighted by Crippen LogP contribution is -2.50. The zero-order chi connectivity index (χ0) is 20.9. The minimum absolute atomic E-state index is 0.0698. The molecular formula is C20H25NO6S. The summed E-state index contributed by atoms with van der Waals surface area (Å²) in [7, 11) is -2.83. The molecule has 0 saturated carbocycles. The maximum atomic E-state index is 13.4. The van der Waals surface area contributed by atoms with Crippen LogP contribution in [0.1, 0.15) is 25.3 Å². The van der Waals surface area contributed by atoms with E-state index in [4.69, 9.17) is 9.47 Å². The van der Waals surface area contributed by atoms with Gasteiger partial charge in [0, 0.05) is 19.4 Å². The Labute approximate surface area is 165 Å². The number of rotatable bonds is 8. The van der Waals surface area contributed by atoms with Crippen molar-refractivity contribution in [2.75, 3.05) is 7.11 Å². The van der Waals surface area contributed by atoms with E-state index in [1.165, 1.54) is 32.2 Å². The lowest BCUT2D eigenvalue weighted by molar-refractivity contribution is -0.147. The summed E-state index contributed by atoms with van der Waals surface area (Å²) in [6.07, 6.45) is 4.49. The third kappa shape index (κ3) is 4.88. The van der Waals surface area contributed by atoms with Gasteiger partial charge in [0.05, 0.1) is 12.0 Å². The van der Waals surface area contributed by atoms with Crippen LogP contribution in [-0.4, -0.2) is 50.0 Å². The number of hydrogen-bond donors (Lipinski definition) is 0. The average Bonchev–Trinajstić information content (AvgIpc) is 3.07. The largest absolute Gasteiger partial charge is 0.468 e. The molecule has 1 aliphatic carbocycles. The van der Waals surface area contributed by atoms with E-state index in [1.807, 2.05) is 6.92 Å². The maximum absolute atomic E-state index is 13.4. The molecule has 8 heteroatoms. The number of sulfonamides is 1. The van der Waals surface area contributed by atoms with Crippen LogP contribution >= 0.6 is 0 Å². The van der Waals surface area contributed by atoms with Gasteiger partial charge >= 0.3 is 11.9 Å². The van der Waals surface area contributed by atoms with Crippen molar-refractivity contribution < 1.29 is 27.5 Å². The summed E-state index contributed by atoms with van der Waals surface area (Å²) in [5.74, 6) is -1.14. The van der Waals surface area contributed by atoms with Crippen molar-refractivity contribution in [2.45, 2.75) is 49.8 Å². The van der Waals surface area contributed by atoms with Crippen LogP contribution in [0.4, 0.5) is 0 Å². The summed E-state index contributed by atoms with van der Waals surface area (Å²) in [5.41, 5.74) is 0.914. The molecule has 1 aromatic rings. The molecule has 28 heavy (non-hydrogen) atoms. The van der Waals surface area contributed by atoms with Crippen molar-refractivity contribution in [3.63, 3.8) is 0 Å². The first-order valence-electron chi connectivity index (χ1n) is 8.85. The number of carbonyl (C=O) groups is 2. The van der Waals surface area contributed by atoms with Crippen LogP contribution < -0.4 is 0 Å². The second-order valence-electron chi connectivity index (χ2n) is 6.55. The number of aryl methyl sites for hydroxylation is 1. The van der Waals surface area contributed by atoms with Gasteiger partial charge in [0.15, 0.2) is 0 Å². The lowest BCUT2D eigenvalue weighted by Gasteiger charge is -2.33. The molecule has 0 radical (unpaired) electrons. The van der Waals surface area contributed by atoms with E-state index < -0.39 is 40.1 Å². The quantitative estimate of drug-likeness (QED) is 0.485. The van der Waals surface area contributed by atoms with E-state index in [0.29, 0.717) is 0 Å². The fraction of sp³-hybridized carbons (Fsp3) is 0.400. The Morgan fingerprint density at radius 1 is 1.29 bits per heavy atom. The Kier molecular flexibility index (Phi) is 7.15. The van der Waals surface area contributed by atoms with Crippen molar-refractivity contribution >= 4 is 22.0 Å². The van der Waals surface area contributed by atoms with Crippen LogP contribution in [0.15, 0.2) is 54.0 Å². The molecule has 1 unspecified atom stereocenters. The van der Waals surface area contributed by atoms with Gasteiger partial charge in [0.1, 0.15) is 12.1 Å². The van der Waals surface area contributed by atoms with Crippen molar-refractivity contribution in [1.29, 1.82) is 0 Å². The molecule has 3 atom stereocenters. The van der Waals surface area contributed by atoms with Crippen LogP contribution in [0, 0.1) is 6.92 Å². The van der Waals surface area contributed by atoms with Gasteiger partial charge in [-0.3, -0.25) is 9.59 Å². The number of ether oxygens (including phenoxy) is 2. The van der Waals surface area contributed by atoms with E-state index in [0.717, 1.165) is 9.87 Å². The third-order valence-electron chi connectivity index (χ3n) is 4.43. The summed E-state index contributed by atoms with van der Waals surface area (Å²) >= 11 is 0. The predicted octanol–water partition coefficient (Wildman–Crippen LogP) is 2.36. The molecule has 7 nitrogen and oxygen atoms in total. The van der Waals surface area contributed by atoms with E-state index in [-0.39, 0.29) is 17.7 Å². The lowest BCUT2D eigenvalue weighted by atomic mass is 10.1. The molecule has 0 heterocycles. The van der Waals surface area contributed by atoms with Crippen LogP contribution in [0.25, 0.3) is 0 Å². The minimum atomic E-state index is -4.04. The topological polar surface area (TPSA) is 90.0 Å². The maximum Gasteiger partial charge on any atom is 0.324 e. The number of benzene rings is 1. The SMILES string of the molecule is C=CC[C@H](C(=O)OC)N(C1C=C[C@H](OC(C)=O)C1)S(=O)(=O)c1ccc(C)cc1. The molecular weight excluding hydrogens is 382 g/mol. The van der Waals surface area contributed by atoms with Gasteiger partial charge in [-0.1, -0.05) is 29.8 Å². The van der Waals surface area contributed by atoms with E-state index in [1.54, 1.807) is 24.3 Å². The highest BCUT2D eigenvalue weighted by molar-refractivity contribution is 7.89. The number of nitrogens with zero attached hydrogens (tertiary/aromatic N) is 1. The summed E-state index contributed by atoms with van der Waals surface area (Å²) in [6.45, 7) is 6.77. The van der Waals surface area contributed by atoms with Crippen LogP contribution in [0.5, 0.6) is 0 Å². The van der Waals surface area contributed by atoms with E-state index in [9.17, 15) is 18.0 Å². The molecule has 0 aromatic heterocycles. The van der Waals surface area contributed by atoms with Crippen molar-refractivity contribution in [3.05, 3.63) is 54.6 Å². The Bertz CT molecular complexity index is 859. The molecule has 1 aromatic carbocycles. The van der Waals surface area contributed by atoms with Gasteiger partial charge in [-0.2, -0.15) is 4.31 Å². The smallest absolute Gasteiger partial charge is 0.324 e. The molecule has 0 fully saturated rings. The Balaban J connectivity index is 2.48. The molecule has 0 spiro atoms. The van der Waals surface area contributed by atoms with Crippen molar-refractivity contribution in [2.24, 2.45) is 0 Å². The van der Waals surface area contributed by atoms with Gasteiger partial charge in [0.2, 0.25) is 10.0 Å². The number of hydrogen-bond acceptors (Lipinski definition) is 6. The molecule has 0 N–H and O–H groups in total. The molecule has 0 aliphatic heterocycles. The van der Waals surface area contributed by atoms with E-state index in [2.05, 4.69) is 6.58 Å². The van der Waals surface area contributed by atoms with Crippen molar-refractivity contribution in [1.82, 2.24) is 4.31 Å². The molecule has 0 bridgehead atoms. The molecule has 0 saturated heterocycles. The monoisotopic (exact) mass is 407 g/mol. The summed E-state index contributed by atoms with van der Waals surface area (Å²) in [6, 6.07) is 4.64. The van der Waals surface area contributed by atoms with Gasteiger partial charge in [-0.05, 0) is 31.6 Å². The van der Waals surface area contributed by atoms with Crippen molar-refractivity contribution in [3.8, 4) is 0 Å². The number of methoxy groups -OCH3 is 1. The highest BCUT2D eigenvalue weighted by atomic mass is 32.2. The summed E-state index contributed by atoms with van der Waals surface area (Å²) in [4.78, 5) is 23.7. The number of carbonyl (C=O) groups excluding carboxylic acids is 2. The summed E-state index contributed by atoms with van der Waals surface area (Å²) in [5, 5.41) is 0. The standard InChI is InChI=1S/C20H25NO6S/c1-5-6-19(20(23)26-4)21(16-9-10-17(13-16)27-15(3)22)28(24,25)18-11-7-14(2)8-12-18/h5,7-12,16-17,19H,1,6,13H2,2-4H3/t16?,17-,19+/m0/s1. The first-order chi connectivity index (χ1) is 13.2. The second-order valence-corrected chi connectivity index (χ2v) is 8.39. The molecule has 0 amide bonds. The average molecular weight is 407 g/mol.